The maximum absolute atomic E-state index is 12.8. The van der Waals surface area contributed by atoms with Gasteiger partial charge in [0.25, 0.3) is 5.91 Å². The highest BCUT2D eigenvalue weighted by molar-refractivity contribution is 5.96. The Morgan fingerprint density at radius 1 is 1.38 bits per heavy atom. The normalized spacial score (nSPS) is 27.4. The van der Waals surface area contributed by atoms with Crippen LogP contribution in [-0.4, -0.2) is 68.0 Å². The summed E-state index contributed by atoms with van der Waals surface area (Å²) < 4.78 is 10.9. The van der Waals surface area contributed by atoms with Crippen LogP contribution in [0.4, 0.5) is 5.69 Å². The molecule has 1 aromatic carbocycles. The summed E-state index contributed by atoms with van der Waals surface area (Å²) in [6, 6.07) is 5.53. The lowest BCUT2D eigenvalue weighted by atomic mass is 9.95. The van der Waals surface area contributed by atoms with Crippen molar-refractivity contribution < 1.29 is 19.4 Å². The number of carbonyl (C=O) groups is 1. The van der Waals surface area contributed by atoms with Gasteiger partial charge in [0.05, 0.1) is 31.6 Å². The molecule has 6 heteroatoms. The molecule has 2 aliphatic rings. The second-order valence-electron chi connectivity index (χ2n) is 6.93. The van der Waals surface area contributed by atoms with Crippen LogP contribution in [-0.2, 0) is 4.74 Å². The van der Waals surface area contributed by atoms with E-state index < -0.39 is 5.60 Å². The molecule has 0 spiro atoms. The van der Waals surface area contributed by atoms with Gasteiger partial charge in [-0.1, -0.05) is 6.92 Å². The summed E-state index contributed by atoms with van der Waals surface area (Å²) in [5, 5.41) is 10.3. The van der Waals surface area contributed by atoms with E-state index in [-0.39, 0.29) is 11.8 Å². The van der Waals surface area contributed by atoms with Gasteiger partial charge in [0.1, 0.15) is 5.75 Å². The first-order valence-corrected chi connectivity index (χ1v) is 8.45. The van der Waals surface area contributed by atoms with Crippen LogP contribution >= 0.6 is 0 Å². The minimum atomic E-state index is -0.824. The van der Waals surface area contributed by atoms with Crippen LogP contribution in [0.15, 0.2) is 18.2 Å². The summed E-state index contributed by atoms with van der Waals surface area (Å²) in [6.45, 7) is 7.61. The van der Waals surface area contributed by atoms with E-state index in [0.717, 1.165) is 24.5 Å². The first-order valence-electron chi connectivity index (χ1n) is 8.45. The maximum atomic E-state index is 12.8. The van der Waals surface area contributed by atoms with E-state index in [9.17, 15) is 9.90 Å². The Hall–Kier alpha value is -1.79. The van der Waals surface area contributed by atoms with Crippen LogP contribution in [0, 0.1) is 5.92 Å². The predicted octanol–water partition coefficient (Wildman–Crippen LogP) is 1.37. The zero-order chi connectivity index (χ0) is 17.3. The van der Waals surface area contributed by atoms with Crippen LogP contribution in [0.3, 0.4) is 0 Å². The molecule has 2 atom stereocenters. The summed E-state index contributed by atoms with van der Waals surface area (Å²) >= 11 is 0. The second kappa shape index (κ2) is 6.61. The fourth-order valence-corrected chi connectivity index (χ4v) is 3.35. The largest absolute Gasteiger partial charge is 0.495 e. The minimum absolute atomic E-state index is 0.0446. The highest BCUT2D eigenvalue weighted by Crippen LogP contribution is 2.32. The van der Waals surface area contributed by atoms with Gasteiger partial charge in [-0.3, -0.25) is 4.79 Å². The number of carbonyl (C=O) groups excluding carboxylic acids is 1. The lowest BCUT2D eigenvalue weighted by molar-refractivity contribution is 0.0351. The van der Waals surface area contributed by atoms with Crippen molar-refractivity contribution in [2.75, 3.05) is 51.4 Å². The summed E-state index contributed by atoms with van der Waals surface area (Å²) in [7, 11) is 1.64. The number of β-amino-alcohol motifs (C(OH)–C–C–N with tert-alkyl or cyclic N) is 1. The summed E-state index contributed by atoms with van der Waals surface area (Å²) in [4.78, 5) is 16.8. The Labute approximate surface area is 143 Å². The van der Waals surface area contributed by atoms with Crippen LogP contribution in [0.25, 0.3) is 0 Å². The molecule has 2 aliphatic heterocycles. The molecule has 6 nitrogen and oxygen atoms in total. The van der Waals surface area contributed by atoms with Crippen molar-refractivity contribution in [1.29, 1.82) is 0 Å². The Morgan fingerprint density at radius 3 is 2.67 bits per heavy atom. The third kappa shape index (κ3) is 3.21. The summed E-state index contributed by atoms with van der Waals surface area (Å²) in [5.74, 6) is 0.783. The molecule has 1 amide bonds. The molecule has 1 aromatic rings. The van der Waals surface area contributed by atoms with Gasteiger partial charge in [-0.25, -0.2) is 0 Å². The fourth-order valence-electron chi connectivity index (χ4n) is 3.35. The molecule has 24 heavy (non-hydrogen) atoms. The van der Waals surface area contributed by atoms with Crippen LogP contribution in [0.2, 0.25) is 0 Å². The number of anilines is 1. The lowest BCUT2D eigenvalue weighted by Gasteiger charge is -2.30. The zero-order valence-corrected chi connectivity index (χ0v) is 14.6. The number of benzene rings is 1. The van der Waals surface area contributed by atoms with Gasteiger partial charge in [0.2, 0.25) is 0 Å². The molecule has 0 bridgehead atoms. The molecule has 0 unspecified atom stereocenters. The summed E-state index contributed by atoms with van der Waals surface area (Å²) in [6.07, 6.45) is 0. The molecule has 2 heterocycles. The van der Waals surface area contributed by atoms with Gasteiger partial charge in [-0.05, 0) is 25.1 Å². The third-order valence-electron chi connectivity index (χ3n) is 5.13. The zero-order valence-electron chi connectivity index (χ0n) is 14.6. The number of hydrogen-bond acceptors (Lipinski definition) is 5. The van der Waals surface area contributed by atoms with Gasteiger partial charge >= 0.3 is 0 Å². The Balaban J connectivity index is 1.84. The number of morpholine rings is 1. The van der Waals surface area contributed by atoms with Crippen molar-refractivity contribution in [2.45, 2.75) is 19.4 Å². The molecule has 132 valence electrons. The number of likely N-dealkylation sites (tertiary alicyclic amines) is 1. The van der Waals surface area contributed by atoms with Crippen molar-refractivity contribution in [2.24, 2.45) is 5.92 Å². The van der Waals surface area contributed by atoms with Crippen molar-refractivity contribution in [3.63, 3.8) is 0 Å². The van der Waals surface area contributed by atoms with Crippen LogP contribution in [0.5, 0.6) is 5.75 Å². The monoisotopic (exact) mass is 334 g/mol. The van der Waals surface area contributed by atoms with E-state index in [2.05, 4.69) is 4.90 Å². The topological polar surface area (TPSA) is 62.2 Å². The van der Waals surface area contributed by atoms with Gasteiger partial charge in [-0.2, -0.15) is 0 Å². The molecule has 1 N–H and O–H groups in total. The highest BCUT2D eigenvalue weighted by Gasteiger charge is 2.40. The standard InChI is InChI=1S/C18H26N2O4/c1-13-11-20(12-18(13,2)22)17(21)14-4-5-16(23-3)15(10-14)19-6-8-24-9-7-19/h4-5,10,13,22H,6-9,11-12H2,1-3H3/t13-,18+/m1/s1. The first kappa shape index (κ1) is 17.0. The number of aliphatic hydroxyl groups is 1. The van der Waals surface area contributed by atoms with E-state index >= 15 is 0 Å². The lowest BCUT2D eigenvalue weighted by Crippen LogP contribution is -2.37. The SMILES string of the molecule is COc1ccc(C(=O)N2C[C@@H](C)[C@@](C)(O)C2)cc1N1CCOCC1. The number of rotatable bonds is 3. The Bertz CT molecular complexity index is 611. The smallest absolute Gasteiger partial charge is 0.254 e. The number of nitrogens with zero attached hydrogens (tertiary/aromatic N) is 2. The number of amides is 1. The highest BCUT2D eigenvalue weighted by atomic mass is 16.5. The first-order chi connectivity index (χ1) is 11.4. The molecule has 3 rings (SSSR count). The van der Waals surface area contributed by atoms with Gasteiger partial charge < -0.3 is 24.4 Å². The van der Waals surface area contributed by atoms with E-state index in [1.165, 1.54) is 0 Å². The van der Waals surface area contributed by atoms with E-state index in [1.54, 1.807) is 25.0 Å². The quantitative estimate of drug-likeness (QED) is 0.905. The Morgan fingerprint density at radius 2 is 2.08 bits per heavy atom. The Kier molecular flexibility index (Phi) is 4.69. The molecular weight excluding hydrogens is 308 g/mol. The van der Waals surface area contributed by atoms with Gasteiger partial charge in [0.15, 0.2) is 0 Å². The number of methoxy groups -OCH3 is 1. The fraction of sp³-hybridized carbons (Fsp3) is 0.611. The summed E-state index contributed by atoms with van der Waals surface area (Å²) in [5.41, 5.74) is 0.725. The molecular formula is C18H26N2O4. The van der Waals surface area contributed by atoms with Gasteiger partial charge in [-0.15, -0.1) is 0 Å². The van der Waals surface area contributed by atoms with Crippen molar-refractivity contribution in [3.05, 3.63) is 23.8 Å². The molecule has 0 aromatic heterocycles. The van der Waals surface area contributed by atoms with Gasteiger partial charge in [0, 0.05) is 37.7 Å². The van der Waals surface area contributed by atoms with Crippen LogP contribution in [0.1, 0.15) is 24.2 Å². The van der Waals surface area contributed by atoms with E-state index in [1.807, 2.05) is 19.1 Å². The average Bonchev–Trinajstić information content (AvgIpc) is 2.87. The van der Waals surface area contributed by atoms with Crippen molar-refractivity contribution in [3.8, 4) is 5.75 Å². The third-order valence-corrected chi connectivity index (χ3v) is 5.13. The number of ether oxygens (including phenoxy) is 2. The second-order valence-corrected chi connectivity index (χ2v) is 6.93. The van der Waals surface area contributed by atoms with E-state index in [4.69, 9.17) is 9.47 Å². The van der Waals surface area contributed by atoms with E-state index in [0.29, 0.717) is 31.9 Å². The number of hydrogen-bond donors (Lipinski definition) is 1. The predicted molar refractivity (Wildman–Crippen MR) is 91.7 cm³/mol. The molecule has 0 saturated carbocycles. The molecule has 2 fully saturated rings. The molecule has 2 saturated heterocycles. The molecule has 0 radical (unpaired) electrons. The average molecular weight is 334 g/mol. The van der Waals surface area contributed by atoms with Crippen LogP contribution < -0.4 is 9.64 Å². The molecule has 0 aliphatic carbocycles. The van der Waals surface area contributed by atoms with Crippen molar-refractivity contribution >= 4 is 11.6 Å². The van der Waals surface area contributed by atoms with Crippen molar-refractivity contribution in [1.82, 2.24) is 4.90 Å². The maximum Gasteiger partial charge on any atom is 0.254 e. The minimum Gasteiger partial charge on any atom is -0.495 e.